The zero-order chi connectivity index (χ0) is 16.0. The molecule has 2 aromatic carbocycles. The summed E-state index contributed by atoms with van der Waals surface area (Å²) >= 11 is 0. The van der Waals surface area contributed by atoms with Crippen LogP contribution in [0.3, 0.4) is 0 Å². The Morgan fingerprint density at radius 3 is 2.52 bits per heavy atom. The SMILES string of the molecule is Cc1ccc(CN2C(=O)[C@H]3C[C@H](c4ccccc4)[C@@H]2C3)c(C)c1. The molecule has 2 aliphatic rings. The van der Waals surface area contributed by atoms with Crippen LogP contribution >= 0.6 is 0 Å². The molecule has 0 spiro atoms. The van der Waals surface area contributed by atoms with Crippen LogP contribution < -0.4 is 0 Å². The second-order valence-corrected chi connectivity index (χ2v) is 7.15. The molecule has 1 aliphatic carbocycles. The zero-order valence-electron chi connectivity index (χ0n) is 13.8. The number of carbonyl (C=O) groups is 1. The number of likely N-dealkylation sites (tertiary alicyclic amines) is 1. The van der Waals surface area contributed by atoms with Gasteiger partial charge in [0.15, 0.2) is 0 Å². The van der Waals surface area contributed by atoms with Crippen LogP contribution in [0.1, 0.15) is 41.0 Å². The quantitative estimate of drug-likeness (QED) is 0.832. The Kier molecular flexibility index (Phi) is 3.48. The minimum Gasteiger partial charge on any atom is -0.334 e. The Labute approximate surface area is 138 Å². The number of piperidine rings is 1. The third kappa shape index (κ3) is 2.46. The maximum absolute atomic E-state index is 12.7. The number of amides is 1. The molecule has 0 aromatic heterocycles. The van der Waals surface area contributed by atoms with Crippen LogP contribution in [0.4, 0.5) is 0 Å². The van der Waals surface area contributed by atoms with Crippen molar-refractivity contribution in [3.63, 3.8) is 0 Å². The Morgan fingerprint density at radius 1 is 1.04 bits per heavy atom. The molecular formula is C21H23NO. The van der Waals surface area contributed by atoms with Gasteiger partial charge in [-0.05, 0) is 43.4 Å². The van der Waals surface area contributed by atoms with E-state index in [0.29, 0.717) is 17.9 Å². The summed E-state index contributed by atoms with van der Waals surface area (Å²) in [6, 6.07) is 17.6. The molecule has 23 heavy (non-hydrogen) atoms. The molecule has 2 heteroatoms. The number of benzene rings is 2. The van der Waals surface area contributed by atoms with E-state index < -0.39 is 0 Å². The molecular weight excluding hydrogens is 282 g/mol. The summed E-state index contributed by atoms with van der Waals surface area (Å²) in [6.45, 7) is 5.02. The molecule has 2 bridgehead atoms. The van der Waals surface area contributed by atoms with E-state index in [1.807, 2.05) is 0 Å². The molecule has 1 amide bonds. The largest absolute Gasteiger partial charge is 0.334 e. The molecule has 1 saturated carbocycles. The highest BCUT2D eigenvalue weighted by Gasteiger charge is 2.50. The molecule has 0 radical (unpaired) electrons. The summed E-state index contributed by atoms with van der Waals surface area (Å²) in [6.07, 6.45) is 2.06. The molecule has 118 valence electrons. The highest BCUT2D eigenvalue weighted by Crippen LogP contribution is 2.48. The average Bonchev–Trinajstić information content (AvgIpc) is 3.10. The predicted molar refractivity (Wildman–Crippen MR) is 92.2 cm³/mol. The van der Waals surface area contributed by atoms with Crippen molar-refractivity contribution in [3.05, 3.63) is 70.8 Å². The molecule has 2 aromatic rings. The average molecular weight is 305 g/mol. The second kappa shape index (κ2) is 5.52. The van der Waals surface area contributed by atoms with Gasteiger partial charge in [-0.2, -0.15) is 0 Å². The number of rotatable bonds is 3. The van der Waals surface area contributed by atoms with Crippen molar-refractivity contribution in [3.8, 4) is 0 Å². The van der Waals surface area contributed by atoms with Crippen LogP contribution in [0, 0.1) is 19.8 Å². The molecule has 3 atom stereocenters. The Morgan fingerprint density at radius 2 is 1.83 bits per heavy atom. The van der Waals surface area contributed by atoms with Crippen LogP contribution in [-0.2, 0) is 11.3 Å². The van der Waals surface area contributed by atoms with Crippen molar-refractivity contribution in [1.29, 1.82) is 0 Å². The monoisotopic (exact) mass is 305 g/mol. The summed E-state index contributed by atoms with van der Waals surface area (Å²) in [7, 11) is 0. The van der Waals surface area contributed by atoms with Crippen molar-refractivity contribution in [2.24, 2.45) is 5.92 Å². The number of hydrogen-bond acceptors (Lipinski definition) is 1. The molecule has 1 heterocycles. The minimum atomic E-state index is 0.232. The predicted octanol–water partition coefficient (Wildman–Crippen LogP) is 4.21. The van der Waals surface area contributed by atoms with E-state index in [4.69, 9.17) is 0 Å². The van der Waals surface area contributed by atoms with Crippen LogP contribution in [-0.4, -0.2) is 16.8 Å². The smallest absolute Gasteiger partial charge is 0.226 e. The first-order valence-corrected chi connectivity index (χ1v) is 8.55. The number of aryl methyl sites for hydroxylation is 2. The molecule has 1 aliphatic heterocycles. The maximum Gasteiger partial charge on any atom is 0.226 e. The van der Waals surface area contributed by atoms with Crippen molar-refractivity contribution in [2.45, 2.75) is 45.2 Å². The molecule has 2 nitrogen and oxygen atoms in total. The van der Waals surface area contributed by atoms with Crippen molar-refractivity contribution in [1.82, 2.24) is 4.90 Å². The summed E-state index contributed by atoms with van der Waals surface area (Å²) in [5, 5.41) is 0. The highest BCUT2D eigenvalue weighted by molar-refractivity contribution is 5.83. The lowest BCUT2D eigenvalue weighted by Crippen LogP contribution is -2.40. The Balaban J connectivity index is 1.60. The van der Waals surface area contributed by atoms with Gasteiger partial charge >= 0.3 is 0 Å². The van der Waals surface area contributed by atoms with Crippen LogP contribution in [0.25, 0.3) is 0 Å². The number of nitrogens with zero attached hydrogens (tertiary/aromatic N) is 1. The molecule has 2 fully saturated rings. The molecule has 0 N–H and O–H groups in total. The fourth-order valence-corrected chi connectivity index (χ4v) is 4.42. The zero-order valence-corrected chi connectivity index (χ0v) is 13.8. The standard InChI is InChI=1S/C21H23NO/c1-14-8-9-17(15(2)10-14)13-22-20-12-18(21(22)23)11-19(20)16-6-4-3-5-7-16/h3-10,18-20H,11-13H2,1-2H3/t18-,19+,20-/m0/s1. The first kappa shape index (κ1) is 14.5. The first-order chi connectivity index (χ1) is 11.1. The number of fused-ring (bicyclic) bond motifs is 2. The van der Waals surface area contributed by atoms with Gasteiger partial charge in [0, 0.05) is 24.4 Å². The molecule has 0 unspecified atom stereocenters. The van der Waals surface area contributed by atoms with Gasteiger partial charge in [-0.3, -0.25) is 4.79 Å². The van der Waals surface area contributed by atoms with Gasteiger partial charge in [0.1, 0.15) is 0 Å². The summed E-state index contributed by atoms with van der Waals surface area (Å²) < 4.78 is 0. The molecule has 1 saturated heterocycles. The van der Waals surface area contributed by atoms with Crippen LogP contribution in [0.5, 0.6) is 0 Å². The Bertz CT molecular complexity index is 737. The lowest BCUT2D eigenvalue weighted by Gasteiger charge is -2.34. The van der Waals surface area contributed by atoms with Gasteiger partial charge in [0.25, 0.3) is 0 Å². The topological polar surface area (TPSA) is 20.3 Å². The molecule has 4 rings (SSSR count). The van der Waals surface area contributed by atoms with Crippen LogP contribution in [0.15, 0.2) is 48.5 Å². The van der Waals surface area contributed by atoms with E-state index in [9.17, 15) is 4.79 Å². The van der Waals surface area contributed by atoms with Gasteiger partial charge in [-0.25, -0.2) is 0 Å². The van der Waals surface area contributed by atoms with Crippen molar-refractivity contribution < 1.29 is 4.79 Å². The summed E-state index contributed by atoms with van der Waals surface area (Å²) in [4.78, 5) is 14.8. The van der Waals surface area contributed by atoms with Gasteiger partial charge in [-0.1, -0.05) is 54.1 Å². The van der Waals surface area contributed by atoms with E-state index in [1.165, 1.54) is 22.3 Å². The van der Waals surface area contributed by atoms with E-state index in [-0.39, 0.29) is 5.92 Å². The maximum atomic E-state index is 12.7. The van der Waals surface area contributed by atoms with Crippen molar-refractivity contribution >= 4 is 5.91 Å². The first-order valence-electron chi connectivity index (χ1n) is 8.55. The minimum absolute atomic E-state index is 0.232. The summed E-state index contributed by atoms with van der Waals surface area (Å²) in [5.41, 5.74) is 5.24. The van der Waals surface area contributed by atoms with E-state index in [1.54, 1.807) is 0 Å². The number of carbonyl (C=O) groups excluding carboxylic acids is 1. The normalized spacial score (nSPS) is 26.1. The number of hydrogen-bond donors (Lipinski definition) is 0. The van der Waals surface area contributed by atoms with E-state index >= 15 is 0 Å². The fraction of sp³-hybridized carbons (Fsp3) is 0.381. The highest BCUT2D eigenvalue weighted by atomic mass is 16.2. The second-order valence-electron chi connectivity index (χ2n) is 7.15. The Hall–Kier alpha value is -2.09. The third-order valence-electron chi connectivity index (χ3n) is 5.63. The van der Waals surface area contributed by atoms with Gasteiger partial charge in [0.05, 0.1) is 0 Å². The van der Waals surface area contributed by atoms with Gasteiger partial charge in [-0.15, -0.1) is 0 Å². The lowest BCUT2D eigenvalue weighted by molar-refractivity contribution is -0.135. The van der Waals surface area contributed by atoms with E-state index in [2.05, 4.69) is 67.3 Å². The van der Waals surface area contributed by atoms with Gasteiger partial charge < -0.3 is 4.90 Å². The third-order valence-corrected chi connectivity index (χ3v) is 5.63. The fourth-order valence-electron chi connectivity index (χ4n) is 4.42. The van der Waals surface area contributed by atoms with Gasteiger partial charge in [0.2, 0.25) is 5.91 Å². The van der Waals surface area contributed by atoms with Crippen LogP contribution in [0.2, 0.25) is 0 Å². The lowest BCUT2D eigenvalue weighted by atomic mass is 9.89. The van der Waals surface area contributed by atoms with Crippen molar-refractivity contribution in [2.75, 3.05) is 0 Å². The summed E-state index contributed by atoms with van der Waals surface area (Å²) in [5.74, 6) is 1.10. The van der Waals surface area contributed by atoms with E-state index in [0.717, 1.165) is 19.4 Å².